The standard InChI is InChI=1S/C11H12N2.C5H11N.Pt/c1-12-8-11(13(2)9-12)10-6-4-3-5-7-10;6-5-3-1-2-4-5;/h3-8H,1-2H3;5H,1-4,6H2;. The number of hydrogen-bond donors (Lipinski definition) is 1. The van der Waals surface area contributed by atoms with Crippen molar-refractivity contribution in [3.63, 3.8) is 0 Å². The molecule has 1 saturated carbocycles. The van der Waals surface area contributed by atoms with E-state index in [4.69, 9.17) is 5.73 Å². The first kappa shape index (κ1) is 15.5. The topological polar surface area (TPSA) is 35.9 Å². The molecule has 0 spiro atoms. The molecule has 1 aliphatic rings. The molecule has 1 heterocycles. The summed E-state index contributed by atoms with van der Waals surface area (Å²) in [6.45, 7) is 0. The molecule has 112 valence electrons. The van der Waals surface area contributed by atoms with Crippen molar-refractivity contribution in [2.24, 2.45) is 19.8 Å². The van der Waals surface area contributed by atoms with Crippen molar-refractivity contribution in [2.75, 3.05) is 0 Å². The fourth-order valence-corrected chi connectivity index (χ4v) is 2.90. The number of aryl methyl sites for hydroxylation is 1. The Labute approximate surface area is 131 Å². The van der Waals surface area contributed by atoms with E-state index in [0.717, 1.165) is 0 Å². The van der Waals surface area contributed by atoms with Crippen LogP contribution in [0.2, 0.25) is 0 Å². The van der Waals surface area contributed by atoms with Gasteiger partial charge in [0.15, 0.2) is 0 Å². The molecule has 0 aliphatic heterocycles. The minimum atomic E-state index is 0.546. The maximum absolute atomic E-state index is 5.53. The van der Waals surface area contributed by atoms with Gasteiger partial charge in [-0.25, -0.2) is 0 Å². The molecular weight excluding hydrogens is 429 g/mol. The smallest absolute Gasteiger partial charge is 0.00388 e. The largest absolute Gasteiger partial charge is 0.328 e. The van der Waals surface area contributed by atoms with Crippen molar-refractivity contribution in [3.8, 4) is 11.3 Å². The van der Waals surface area contributed by atoms with E-state index in [9.17, 15) is 0 Å². The monoisotopic (exact) mass is 452 g/mol. The molecule has 0 radical (unpaired) electrons. The Morgan fingerprint density at radius 3 is 2.10 bits per heavy atom. The van der Waals surface area contributed by atoms with Gasteiger partial charge in [0.2, 0.25) is 0 Å². The van der Waals surface area contributed by atoms with E-state index < -0.39 is 0 Å². The molecule has 2 N–H and O–H groups in total. The summed E-state index contributed by atoms with van der Waals surface area (Å²) in [6, 6.07) is 11.0. The summed E-state index contributed by atoms with van der Waals surface area (Å²) in [5.41, 5.74) is 8.04. The summed E-state index contributed by atoms with van der Waals surface area (Å²) in [5, 5.41) is 0. The molecular formula is C16H23N3Pt. The number of nitrogens with zero attached hydrogens (tertiary/aromatic N) is 2. The summed E-state index contributed by atoms with van der Waals surface area (Å²) in [5.74, 6) is 0. The van der Waals surface area contributed by atoms with Crippen LogP contribution in [0.4, 0.5) is 0 Å². The third-order valence-electron chi connectivity index (χ3n) is 3.67. The number of benzene rings is 1. The van der Waals surface area contributed by atoms with Crippen LogP contribution in [0, 0.1) is 3.80 Å². The second-order valence-corrected chi connectivity index (χ2v) is 6.35. The average molecular weight is 452 g/mol. The molecule has 0 unspecified atom stereocenters. The second kappa shape index (κ2) is 7.19. The maximum Gasteiger partial charge on any atom is 0.00388 e. The number of rotatable bonds is 1. The predicted octanol–water partition coefficient (Wildman–Crippen LogP) is 3.00. The van der Waals surface area contributed by atoms with Gasteiger partial charge in [-0.1, -0.05) is 12.8 Å². The van der Waals surface area contributed by atoms with Crippen LogP contribution in [0.1, 0.15) is 25.7 Å². The van der Waals surface area contributed by atoms with Gasteiger partial charge in [-0.2, -0.15) is 0 Å². The van der Waals surface area contributed by atoms with Crippen LogP contribution in [-0.4, -0.2) is 15.2 Å². The zero-order chi connectivity index (χ0) is 14.5. The summed E-state index contributed by atoms with van der Waals surface area (Å²) >= 11 is 2.33. The van der Waals surface area contributed by atoms with Crippen LogP contribution < -0.4 is 5.73 Å². The normalized spacial score (nSPS) is 15.1. The molecule has 0 amide bonds. The Bertz CT molecular complexity index is 592. The molecule has 3 rings (SSSR count). The van der Waals surface area contributed by atoms with Crippen LogP contribution >= 0.6 is 0 Å². The van der Waals surface area contributed by atoms with Crippen LogP contribution in [-0.2, 0) is 33.4 Å². The molecule has 3 nitrogen and oxygen atoms in total. The van der Waals surface area contributed by atoms with Crippen LogP contribution in [0.3, 0.4) is 0 Å². The molecule has 1 fully saturated rings. The van der Waals surface area contributed by atoms with Crippen molar-refractivity contribution < 1.29 is 19.4 Å². The molecule has 20 heavy (non-hydrogen) atoms. The quantitative estimate of drug-likeness (QED) is 0.710. The fourth-order valence-electron chi connectivity index (χ4n) is 2.48. The molecule has 4 heteroatoms. The molecule has 1 aromatic carbocycles. The molecule has 1 aromatic heterocycles. The average Bonchev–Trinajstić information content (AvgIpc) is 3.04. The SMILES string of the molecule is Cn1cc(-c2ccccc2)n(C)[c]1=[Pt].NC1CCCC1. The van der Waals surface area contributed by atoms with E-state index >= 15 is 0 Å². The first-order valence-corrected chi connectivity index (χ1v) is 8.22. The Morgan fingerprint density at radius 1 is 1.10 bits per heavy atom. The molecule has 0 saturated heterocycles. The van der Waals surface area contributed by atoms with E-state index in [1.165, 1.54) is 40.7 Å². The zero-order valence-electron chi connectivity index (χ0n) is 12.2. The molecule has 1 aliphatic carbocycles. The van der Waals surface area contributed by atoms with Gasteiger partial charge in [0.1, 0.15) is 0 Å². The Hall–Kier alpha value is -0.922. The summed E-state index contributed by atoms with van der Waals surface area (Å²) < 4.78 is 5.55. The van der Waals surface area contributed by atoms with Crippen LogP contribution in [0.15, 0.2) is 36.5 Å². The van der Waals surface area contributed by atoms with Crippen molar-refractivity contribution in [3.05, 3.63) is 40.3 Å². The second-order valence-electron chi connectivity index (χ2n) is 5.34. The van der Waals surface area contributed by atoms with Gasteiger partial charge in [-0.15, -0.1) is 0 Å². The van der Waals surface area contributed by atoms with Gasteiger partial charge in [0, 0.05) is 6.04 Å². The molecule has 2 aromatic rings. The van der Waals surface area contributed by atoms with Gasteiger partial charge in [0.25, 0.3) is 0 Å². The molecule has 0 bridgehead atoms. The van der Waals surface area contributed by atoms with E-state index in [1.54, 1.807) is 0 Å². The molecule has 0 atom stereocenters. The summed E-state index contributed by atoms with van der Waals surface area (Å²) in [4.78, 5) is 0. The Morgan fingerprint density at radius 2 is 1.70 bits per heavy atom. The van der Waals surface area contributed by atoms with Crippen LogP contribution in [0.5, 0.6) is 0 Å². The van der Waals surface area contributed by atoms with Crippen molar-refractivity contribution in [1.29, 1.82) is 0 Å². The maximum atomic E-state index is 5.53. The van der Waals surface area contributed by atoms with Crippen molar-refractivity contribution >= 4 is 0 Å². The van der Waals surface area contributed by atoms with E-state index in [2.05, 4.69) is 73.0 Å². The van der Waals surface area contributed by atoms with Gasteiger partial charge in [0.05, 0.1) is 0 Å². The van der Waals surface area contributed by atoms with Gasteiger partial charge in [-0.05, 0) is 12.8 Å². The minimum absolute atomic E-state index is 0.546. The third kappa shape index (κ3) is 3.80. The zero-order valence-corrected chi connectivity index (χ0v) is 14.4. The van der Waals surface area contributed by atoms with E-state index in [-0.39, 0.29) is 0 Å². The summed E-state index contributed by atoms with van der Waals surface area (Å²) in [7, 11) is 4.15. The Kier molecular flexibility index (Phi) is 5.56. The van der Waals surface area contributed by atoms with E-state index in [1.807, 2.05) is 6.07 Å². The fraction of sp³-hybridized carbons (Fsp3) is 0.438. The predicted molar refractivity (Wildman–Crippen MR) is 79.5 cm³/mol. The van der Waals surface area contributed by atoms with Gasteiger partial charge >= 0.3 is 94.2 Å². The Balaban J connectivity index is 0.000000205. The van der Waals surface area contributed by atoms with E-state index in [0.29, 0.717) is 6.04 Å². The minimum Gasteiger partial charge on any atom is -0.328 e. The first-order chi connectivity index (χ1) is 9.59. The number of nitrogens with two attached hydrogens (primary N) is 1. The number of imidazole rings is 1. The van der Waals surface area contributed by atoms with Crippen molar-refractivity contribution in [2.45, 2.75) is 31.7 Å². The third-order valence-corrected chi connectivity index (χ3v) is 5.24. The van der Waals surface area contributed by atoms with Gasteiger partial charge < -0.3 is 5.73 Å². The van der Waals surface area contributed by atoms with Crippen LogP contribution in [0.25, 0.3) is 11.3 Å². The number of hydrogen-bond acceptors (Lipinski definition) is 1. The number of aromatic nitrogens is 2. The summed E-state index contributed by atoms with van der Waals surface area (Å²) in [6.07, 6.45) is 7.40. The van der Waals surface area contributed by atoms with Gasteiger partial charge in [-0.3, -0.25) is 0 Å². The van der Waals surface area contributed by atoms with Crippen molar-refractivity contribution in [1.82, 2.24) is 9.13 Å². The first-order valence-electron chi connectivity index (χ1n) is 7.08.